The van der Waals surface area contributed by atoms with E-state index in [4.69, 9.17) is 19.6 Å². The van der Waals surface area contributed by atoms with Gasteiger partial charge in [-0.1, -0.05) is 32.1 Å². The molecule has 0 saturated carbocycles. The van der Waals surface area contributed by atoms with Crippen LogP contribution in [-0.4, -0.2) is 59.7 Å². The molecule has 43 heavy (non-hydrogen) atoms. The molecule has 4 atom stereocenters. The second-order valence-corrected chi connectivity index (χ2v) is 13.3. The highest BCUT2D eigenvalue weighted by Gasteiger charge is 2.44. The predicted octanol–water partition coefficient (Wildman–Crippen LogP) is 5.43. The number of methoxy groups -OCH3 is 1. The molecule has 0 aliphatic carbocycles. The maximum atomic E-state index is 14.0. The normalized spacial score (nSPS) is 27.1. The van der Waals surface area contributed by atoms with Gasteiger partial charge in [0.2, 0.25) is 5.91 Å². The smallest absolute Gasteiger partial charge is 0.251 e. The molecule has 2 amide bonds. The molecule has 3 aliphatic rings. The number of nitrogens with one attached hydrogen (secondary N) is 2. The van der Waals surface area contributed by atoms with Crippen LogP contribution in [-0.2, 0) is 9.53 Å². The van der Waals surface area contributed by atoms with Gasteiger partial charge in [-0.3, -0.25) is 19.9 Å². The average molecular weight is 590 g/mol. The molecule has 9 heteroatoms. The lowest BCUT2D eigenvalue weighted by atomic mass is 9.82. The fraction of sp³-hybridized carbons (Fsp3) is 0.500. The van der Waals surface area contributed by atoms with E-state index in [0.29, 0.717) is 41.4 Å². The topological polar surface area (TPSA) is 121 Å². The van der Waals surface area contributed by atoms with Crippen LogP contribution in [0.5, 0.6) is 11.5 Å². The first kappa shape index (κ1) is 30.8. The van der Waals surface area contributed by atoms with Crippen molar-refractivity contribution in [3.8, 4) is 11.5 Å². The second kappa shape index (κ2) is 11.8. The van der Waals surface area contributed by atoms with Crippen LogP contribution in [0, 0.1) is 16.7 Å². The Kier molecular flexibility index (Phi) is 8.42. The van der Waals surface area contributed by atoms with Crippen molar-refractivity contribution in [3.63, 3.8) is 0 Å². The monoisotopic (exact) mass is 589 g/mol. The Labute approximate surface area is 253 Å². The van der Waals surface area contributed by atoms with Gasteiger partial charge < -0.3 is 24.6 Å². The number of nitrogens with zero attached hydrogens (tertiary/aromatic N) is 1. The fourth-order valence-electron chi connectivity index (χ4n) is 6.43. The Bertz CT molecular complexity index is 1450. The number of aliphatic hydroxyl groups excluding tert-OH is 1. The van der Waals surface area contributed by atoms with Gasteiger partial charge in [-0.25, -0.2) is 0 Å². The molecule has 4 bridgehead atoms. The zero-order valence-corrected chi connectivity index (χ0v) is 25.9. The Morgan fingerprint density at radius 3 is 2.58 bits per heavy atom. The molecule has 0 spiro atoms. The lowest BCUT2D eigenvalue weighted by Crippen LogP contribution is -2.53. The third-order valence-electron chi connectivity index (χ3n) is 8.76. The summed E-state index contributed by atoms with van der Waals surface area (Å²) in [7, 11) is 1.60. The Hall–Kier alpha value is -3.69. The van der Waals surface area contributed by atoms with Crippen LogP contribution < -0.4 is 14.8 Å². The van der Waals surface area contributed by atoms with E-state index in [9.17, 15) is 14.7 Å². The van der Waals surface area contributed by atoms with Gasteiger partial charge in [-0.05, 0) is 74.9 Å². The summed E-state index contributed by atoms with van der Waals surface area (Å²) in [5, 5.41) is 23.1. The molecule has 0 radical (unpaired) electrons. The molecule has 230 valence electrons. The standard InChI is InChI=1S/C34H43N3O6/c1-20(35)37-28(38)17-33(2,3)14-8-7-9-21-10-12-27-24(15-21)29(31(39)34(4,5)43-27)36-32(40)22-11-13-26-25(16-22)30(37)23(18-41-6)19-42-26/h7,9-13,15-16,23,29-31,35,39H,8,14,17-19H2,1-6H3,(H,36,40)/b9-7+,35-20?/t23-,29-,30-,31+/m1/s1. The average Bonchev–Trinajstić information content (AvgIpc) is 2.93. The van der Waals surface area contributed by atoms with Crippen LogP contribution in [0.25, 0.3) is 6.08 Å². The van der Waals surface area contributed by atoms with Crippen molar-refractivity contribution in [1.29, 1.82) is 5.41 Å². The van der Waals surface area contributed by atoms with Crippen molar-refractivity contribution in [3.05, 3.63) is 64.7 Å². The largest absolute Gasteiger partial charge is 0.493 e. The zero-order valence-electron chi connectivity index (χ0n) is 25.9. The summed E-state index contributed by atoms with van der Waals surface area (Å²) in [5.41, 5.74) is 1.38. The first-order valence-corrected chi connectivity index (χ1v) is 14.9. The number of allylic oxidation sites excluding steroid dienone is 1. The zero-order chi connectivity index (χ0) is 31.1. The molecule has 2 aromatic rings. The summed E-state index contributed by atoms with van der Waals surface area (Å²) < 4.78 is 17.8. The number of hydrogen-bond acceptors (Lipinski definition) is 7. The Morgan fingerprint density at radius 1 is 1.12 bits per heavy atom. The highest BCUT2D eigenvalue weighted by atomic mass is 16.5. The quantitative estimate of drug-likeness (QED) is 0.317. The summed E-state index contributed by atoms with van der Waals surface area (Å²) in [4.78, 5) is 29.4. The van der Waals surface area contributed by atoms with Crippen molar-refractivity contribution in [2.75, 3.05) is 20.3 Å². The van der Waals surface area contributed by atoms with Crippen LogP contribution in [0.4, 0.5) is 0 Å². The molecule has 5 rings (SSSR count). The van der Waals surface area contributed by atoms with Crippen molar-refractivity contribution < 1.29 is 28.9 Å². The van der Waals surface area contributed by atoms with Gasteiger partial charge in [0.25, 0.3) is 5.91 Å². The van der Waals surface area contributed by atoms with E-state index in [0.717, 1.165) is 18.4 Å². The first-order valence-electron chi connectivity index (χ1n) is 14.9. The predicted molar refractivity (Wildman–Crippen MR) is 164 cm³/mol. The van der Waals surface area contributed by atoms with Gasteiger partial charge in [0.15, 0.2) is 0 Å². The van der Waals surface area contributed by atoms with Gasteiger partial charge in [0.1, 0.15) is 23.2 Å². The van der Waals surface area contributed by atoms with Crippen LogP contribution in [0.3, 0.4) is 0 Å². The Morgan fingerprint density at radius 2 is 1.86 bits per heavy atom. The SMILES string of the molecule is COC[C@@H]1COc2ccc3cc2[C@@H]1N(C(C)=N)C(=O)CC(C)(C)CC/C=C/c1ccc2c(c1)[C@@H](NC3=O)[C@H](O)C(C)(C)O2. The van der Waals surface area contributed by atoms with E-state index in [-0.39, 0.29) is 35.4 Å². The number of amidine groups is 1. The summed E-state index contributed by atoms with van der Waals surface area (Å²) in [6, 6.07) is 9.69. The van der Waals surface area contributed by atoms with E-state index in [1.54, 1.807) is 51.0 Å². The number of hydrogen-bond donors (Lipinski definition) is 3. The van der Waals surface area contributed by atoms with Crippen molar-refractivity contribution in [2.45, 2.75) is 77.7 Å². The number of amides is 2. The third-order valence-corrected chi connectivity index (χ3v) is 8.76. The molecule has 2 aromatic carbocycles. The maximum absolute atomic E-state index is 14.0. The fourth-order valence-corrected chi connectivity index (χ4v) is 6.43. The molecule has 0 unspecified atom stereocenters. The van der Waals surface area contributed by atoms with E-state index < -0.39 is 23.8 Å². The van der Waals surface area contributed by atoms with Gasteiger partial charge in [0, 0.05) is 36.1 Å². The van der Waals surface area contributed by atoms with Crippen LogP contribution in [0.15, 0.2) is 42.5 Å². The Balaban J connectivity index is 1.65. The molecule has 0 saturated heterocycles. The summed E-state index contributed by atoms with van der Waals surface area (Å²) >= 11 is 0. The number of fused-ring (bicyclic) bond motifs is 2. The molecule has 0 fully saturated rings. The first-order chi connectivity index (χ1) is 20.3. The number of aliphatic hydroxyl groups is 1. The molecular formula is C34H43N3O6. The van der Waals surface area contributed by atoms with Crippen molar-refractivity contribution in [2.24, 2.45) is 11.3 Å². The van der Waals surface area contributed by atoms with Gasteiger partial charge >= 0.3 is 0 Å². The second-order valence-electron chi connectivity index (χ2n) is 13.3. The number of carbonyl (C=O) groups is 2. The number of ether oxygens (including phenoxy) is 3. The molecular weight excluding hydrogens is 546 g/mol. The lowest BCUT2D eigenvalue weighted by molar-refractivity contribution is -0.133. The molecule has 3 N–H and O–H groups in total. The molecule has 9 nitrogen and oxygen atoms in total. The van der Waals surface area contributed by atoms with E-state index in [1.807, 2.05) is 24.3 Å². The van der Waals surface area contributed by atoms with E-state index >= 15 is 0 Å². The van der Waals surface area contributed by atoms with E-state index in [2.05, 4.69) is 25.2 Å². The molecule has 3 aliphatic heterocycles. The minimum atomic E-state index is -1.01. The number of rotatable bonds is 2. The van der Waals surface area contributed by atoms with Crippen LogP contribution in [0.2, 0.25) is 0 Å². The minimum absolute atomic E-state index is 0.127. The molecule has 3 heterocycles. The van der Waals surface area contributed by atoms with Gasteiger partial charge in [-0.15, -0.1) is 0 Å². The third kappa shape index (κ3) is 6.19. The van der Waals surface area contributed by atoms with Gasteiger partial charge in [-0.2, -0.15) is 0 Å². The minimum Gasteiger partial charge on any atom is -0.493 e. The van der Waals surface area contributed by atoms with Gasteiger partial charge in [0.05, 0.1) is 31.1 Å². The lowest BCUT2D eigenvalue weighted by Gasteiger charge is -2.42. The number of carbonyl (C=O) groups excluding carboxylic acids is 2. The van der Waals surface area contributed by atoms with Crippen molar-refractivity contribution in [1.82, 2.24) is 10.2 Å². The van der Waals surface area contributed by atoms with Crippen LogP contribution >= 0.6 is 0 Å². The highest BCUT2D eigenvalue weighted by molar-refractivity contribution is 5.97. The summed E-state index contributed by atoms with van der Waals surface area (Å²) in [5.74, 6) is 0.529. The van der Waals surface area contributed by atoms with Crippen LogP contribution in [0.1, 0.15) is 93.0 Å². The number of benzene rings is 2. The highest BCUT2D eigenvalue weighted by Crippen LogP contribution is 2.43. The summed E-state index contributed by atoms with van der Waals surface area (Å²) in [6.07, 6.45) is 4.87. The van der Waals surface area contributed by atoms with Crippen molar-refractivity contribution >= 4 is 23.7 Å². The maximum Gasteiger partial charge on any atom is 0.251 e. The molecule has 0 aromatic heterocycles. The summed E-state index contributed by atoms with van der Waals surface area (Å²) in [6.45, 7) is 10.00. The van der Waals surface area contributed by atoms with E-state index in [1.165, 1.54) is 0 Å².